The lowest BCUT2D eigenvalue weighted by Crippen LogP contribution is -2.01. The van der Waals surface area contributed by atoms with Gasteiger partial charge in [-0.05, 0) is 5.56 Å². The normalized spacial score (nSPS) is 11.2. The Morgan fingerprint density at radius 2 is 1.77 bits per heavy atom. The van der Waals surface area contributed by atoms with Crippen LogP contribution in [0.4, 0.5) is 0 Å². The SMILES string of the molecule is O=Cc1ccc(CS(=O)(=O)O)cc1. The molecule has 0 aliphatic rings. The van der Waals surface area contributed by atoms with Crippen LogP contribution in [0, 0.1) is 0 Å². The summed E-state index contributed by atoms with van der Waals surface area (Å²) in [5.74, 6) is -0.424. The van der Waals surface area contributed by atoms with Gasteiger partial charge in [0.25, 0.3) is 10.1 Å². The van der Waals surface area contributed by atoms with Crippen LogP contribution in [0.15, 0.2) is 24.3 Å². The summed E-state index contributed by atoms with van der Waals surface area (Å²) < 4.78 is 29.4. The molecule has 1 aromatic carbocycles. The molecule has 1 aromatic rings. The van der Waals surface area contributed by atoms with Crippen LogP contribution in [-0.4, -0.2) is 19.3 Å². The van der Waals surface area contributed by atoms with Gasteiger partial charge >= 0.3 is 0 Å². The number of hydrogen-bond acceptors (Lipinski definition) is 3. The first-order chi connectivity index (χ1) is 6.01. The van der Waals surface area contributed by atoms with E-state index in [1.165, 1.54) is 24.3 Å². The van der Waals surface area contributed by atoms with Crippen LogP contribution < -0.4 is 0 Å². The van der Waals surface area contributed by atoms with Gasteiger partial charge in [0.1, 0.15) is 12.0 Å². The second-order valence-electron chi connectivity index (χ2n) is 2.59. The van der Waals surface area contributed by atoms with E-state index in [0.29, 0.717) is 17.4 Å². The standard InChI is InChI=1S/C8H8O4S/c9-5-7-1-3-8(4-2-7)6-13(10,11)12/h1-5H,6H2,(H,10,11,12). The number of benzene rings is 1. The van der Waals surface area contributed by atoms with Gasteiger partial charge in [-0.2, -0.15) is 8.42 Å². The van der Waals surface area contributed by atoms with E-state index in [1.54, 1.807) is 0 Å². The van der Waals surface area contributed by atoms with Crippen molar-refractivity contribution in [2.45, 2.75) is 5.75 Å². The maximum absolute atomic E-state index is 10.4. The van der Waals surface area contributed by atoms with Gasteiger partial charge in [0.15, 0.2) is 0 Å². The van der Waals surface area contributed by atoms with E-state index in [-0.39, 0.29) is 0 Å². The van der Waals surface area contributed by atoms with Gasteiger partial charge in [-0.15, -0.1) is 0 Å². The summed E-state index contributed by atoms with van der Waals surface area (Å²) in [6.45, 7) is 0. The molecular weight excluding hydrogens is 192 g/mol. The zero-order chi connectivity index (χ0) is 9.90. The number of carbonyl (C=O) groups excluding carboxylic acids is 1. The summed E-state index contributed by atoms with van der Waals surface area (Å²) in [5.41, 5.74) is 0.923. The molecule has 0 heterocycles. The van der Waals surface area contributed by atoms with Gasteiger partial charge in [0.05, 0.1) is 0 Å². The molecule has 0 fully saturated rings. The maximum atomic E-state index is 10.4. The summed E-state index contributed by atoms with van der Waals surface area (Å²) in [6.07, 6.45) is 0.664. The molecule has 13 heavy (non-hydrogen) atoms. The first kappa shape index (κ1) is 9.88. The highest BCUT2D eigenvalue weighted by Gasteiger charge is 2.05. The largest absolute Gasteiger partial charge is 0.298 e. The fourth-order valence-corrected chi connectivity index (χ4v) is 1.52. The first-order valence-corrected chi connectivity index (χ1v) is 5.11. The Hall–Kier alpha value is -1.20. The summed E-state index contributed by atoms with van der Waals surface area (Å²) >= 11 is 0. The van der Waals surface area contributed by atoms with Crippen LogP contribution in [0.3, 0.4) is 0 Å². The van der Waals surface area contributed by atoms with Crippen LogP contribution >= 0.6 is 0 Å². The summed E-state index contributed by atoms with van der Waals surface area (Å²) in [7, 11) is -3.99. The van der Waals surface area contributed by atoms with Crippen molar-refractivity contribution in [1.82, 2.24) is 0 Å². The Balaban J connectivity index is 2.87. The molecular formula is C8H8O4S. The average Bonchev–Trinajstić information content (AvgIpc) is 2.03. The lowest BCUT2D eigenvalue weighted by atomic mass is 10.2. The van der Waals surface area contributed by atoms with Crippen molar-refractivity contribution in [3.63, 3.8) is 0 Å². The van der Waals surface area contributed by atoms with Gasteiger partial charge in [0, 0.05) is 5.56 Å². The third kappa shape index (κ3) is 3.35. The molecule has 0 atom stereocenters. The summed E-state index contributed by atoms with van der Waals surface area (Å²) in [5, 5.41) is 0. The number of hydrogen-bond donors (Lipinski definition) is 1. The monoisotopic (exact) mass is 200 g/mol. The highest BCUT2D eigenvalue weighted by molar-refractivity contribution is 7.85. The van der Waals surface area contributed by atoms with Crippen molar-refractivity contribution in [1.29, 1.82) is 0 Å². The molecule has 0 spiro atoms. The van der Waals surface area contributed by atoms with E-state index in [0.717, 1.165) is 0 Å². The Morgan fingerprint density at radius 3 is 2.15 bits per heavy atom. The highest BCUT2D eigenvalue weighted by Crippen LogP contribution is 2.05. The quantitative estimate of drug-likeness (QED) is 0.581. The second kappa shape index (κ2) is 3.68. The van der Waals surface area contributed by atoms with Crippen molar-refractivity contribution in [3.8, 4) is 0 Å². The van der Waals surface area contributed by atoms with Crippen LogP contribution in [0.2, 0.25) is 0 Å². The molecule has 0 radical (unpaired) electrons. The Bertz CT molecular complexity index is 391. The smallest absolute Gasteiger partial charge is 0.269 e. The molecule has 4 nitrogen and oxygen atoms in total. The van der Waals surface area contributed by atoms with E-state index in [1.807, 2.05) is 0 Å². The molecule has 1 rings (SSSR count). The van der Waals surface area contributed by atoms with E-state index in [4.69, 9.17) is 4.55 Å². The van der Waals surface area contributed by atoms with Gasteiger partial charge in [-0.3, -0.25) is 9.35 Å². The predicted octanol–water partition coefficient (Wildman–Crippen LogP) is 0.887. The number of aldehydes is 1. The van der Waals surface area contributed by atoms with Crippen LogP contribution in [-0.2, 0) is 15.9 Å². The summed E-state index contributed by atoms with van der Waals surface area (Å²) in [6, 6.07) is 5.95. The molecule has 0 saturated heterocycles. The number of rotatable bonds is 3. The van der Waals surface area contributed by atoms with E-state index in [2.05, 4.69) is 0 Å². The molecule has 5 heteroatoms. The zero-order valence-corrected chi connectivity index (χ0v) is 7.49. The molecule has 0 saturated carbocycles. The average molecular weight is 200 g/mol. The first-order valence-electron chi connectivity index (χ1n) is 3.50. The predicted molar refractivity (Wildman–Crippen MR) is 47.1 cm³/mol. The third-order valence-electron chi connectivity index (χ3n) is 1.46. The molecule has 0 bridgehead atoms. The van der Waals surface area contributed by atoms with E-state index in [9.17, 15) is 13.2 Å². The molecule has 0 aromatic heterocycles. The molecule has 0 aliphatic heterocycles. The molecule has 0 aliphatic carbocycles. The lowest BCUT2D eigenvalue weighted by molar-refractivity contribution is 0.112. The third-order valence-corrected chi connectivity index (χ3v) is 2.16. The number of carbonyl (C=O) groups is 1. The molecule has 0 amide bonds. The summed E-state index contributed by atoms with van der Waals surface area (Å²) in [4.78, 5) is 10.2. The van der Waals surface area contributed by atoms with Crippen molar-refractivity contribution in [3.05, 3.63) is 35.4 Å². The molecule has 1 N–H and O–H groups in total. The van der Waals surface area contributed by atoms with Crippen molar-refractivity contribution < 1.29 is 17.8 Å². The van der Waals surface area contributed by atoms with Crippen LogP contribution in [0.25, 0.3) is 0 Å². The van der Waals surface area contributed by atoms with Gasteiger partial charge in [-0.1, -0.05) is 24.3 Å². The Morgan fingerprint density at radius 1 is 1.23 bits per heavy atom. The topological polar surface area (TPSA) is 71.4 Å². The van der Waals surface area contributed by atoms with Gasteiger partial charge in [-0.25, -0.2) is 0 Å². The van der Waals surface area contributed by atoms with E-state index < -0.39 is 15.9 Å². The van der Waals surface area contributed by atoms with E-state index >= 15 is 0 Å². The molecule has 0 unspecified atom stereocenters. The van der Waals surface area contributed by atoms with Crippen LogP contribution in [0.5, 0.6) is 0 Å². The Labute approximate surface area is 76.0 Å². The fraction of sp³-hybridized carbons (Fsp3) is 0.125. The fourth-order valence-electron chi connectivity index (χ4n) is 0.903. The minimum atomic E-state index is -3.99. The second-order valence-corrected chi connectivity index (χ2v) is 4.04. The maximum Gasteiger partial charge on any atom is 0.269 e. The molecule has 70 valence electrons. The highest BCUT2D eigenvalue weighted by atomic mass is 32.2. The van der Waals surface area contributed by atoms with Crippen LogP contribution in [0.1, 0.15) is 15.9 Å². The van der Waals surface area contributed by atoms with Gasteiger partial charge in [0.2, 0.25) is 0 Å². The lowest BCUT2D eigenvalue weighted by Gasteiger charge is -1.97. The van der Waals surface area contributed by atoms with Crippen molar-refractivity contribution in [2.75, 3.05) is 0 Å². The van der Waals surface area contributed by atoms with Crippen molar-refractivity contribution >= 4 is 16.4 Å². The zero-order valence-electron chi connectivity index (χ0n) is 6.67. The Kier molecular flexibility index (Phi) is 2.79. The minimum absolute atomic E-state index is 0.424. The van der Waals surface area contributed by atoms with Crippen molar-refractivity contribution in [2.24, 2.45) is 0 Å². The van der Waals surface area contributed by atoms with Gasteiger partial charge < -0.3 is 0 Å². The minimum Gasteiger partial charge on any atom is -0.298 e.